The second kappa shape index (κ2) is 7.81. The van der Waals surface area contributed by atoms with Gasteiger partial charge in [-0.25, -0.2) is 4.79 Å². The van der Waals surface area contributed by atoms with Crippen LogP contribution in [-0.4, -0.2) is 42.2 Å². The van der Waals surface area contributed by atoms with E-state index in [9.17, 15) is 9.90 Å². The van der Waals surface area contributed by atoms with Crippen LogP contribution in [0.5, 0.6) is 0 Å². The van der Waals surface area contributed by atoms with Crippen molar-refractivity contribution in [1.82, 2.24) is 4.90 Å². The summed E-state index contributed by atoms with van der Waals surface area (Å²) in [7, 11) is 2.05. The minimum absolute atomic E-state index is 0.216. The van der Waals surface area contributed by atoms with Gasteiger partial charge in [0.1, 0.15) is 6.61 Å². The van der Waals surface area contributed by atoms with E-state index in [-0.39, 0.29) is 6.04 Å². The first-order chi connectivity index (χ1) is 12.1. The highest BCUT2D eigenvalue weighted by atomic mass is 16.6. The molecule has 4 heteroatoms. The molecule has 0 aliphatic carbocycles. The Morgan fingerprint density at radius 3 is 2.16 bits per heavy atom. The molecule has 0 spiro atoms. The number of carbonyl (C=O) groups excluding carboxylic acids is 1. The Bertz CT molecular complexity index is 647. The molecule has 0 unspecified atom stereocenters. The zero-order chi connectivity index (χ0) is 17.7. The molecule has 2 aromatic carbocycles. The van der Waals surface area contributed by atoms with Crippen LogP contribution < -0.4 is 0 Å². The Kier molecular flexibility index (Phi) is 5.51. The van der Waals surface area contributed by atoms with E-state index in [4.69, 9.17) is 4.74 Å². The normalized spacial score (nSPS) is 18.7. The van der Waals surface area contributed by atoms with Gasteiger partial charge in [0.2, 0.25) is 5.60 Å². The van der Waals surface area contributed by atoms with Crippen LogP contribution in [0.3, 0.4) is 0 Å². The lowest BCUT2D eigenvalue weighted by Gasteiger charge is -2.33. The van der Waals surface area contributed by atoms with Crippen LogP contribution in [0.15, 0.2) is 60.7 Å². The highest BCUT2D eigenvalue weighted by Gasteiger charge is 2.42. The van der Waals surface area contributed by atoms with Gasteiger partial charge in [-0.2, -0.15) is 0 Å². The zero-order valence-electron chi connectivity index (χ0n) is 14.6. The first kappa shape index (κ1) is 17.6. The fourth-order valence-corrected chi connectivity index (χ4v) is 3.39. The summed E-state index contributed by atoms with van der Waals surface area (Å²) in [6.07, 6.45) is 3.34. The number of hydrogen-bond donors (Lipinski definition) is 1. The molecule has 0 aromatic heterocycles. The first-order valence-corrected chi connectivity index (χ1v) is 8.83. The average Bonchev–Trinajstić information content (AvgIpc) is 2.68. The van der Waals surface area contributed by atoms with Crippen LogP contribution in [0.1, 0.15) is 30.4 Å². The van der Waals surface area contributed by atoms with Crippen LogP contribution in [0.25, 0.3) is 0 Å². The van der Waals surface area contributed by atoms with E-state index in [1.165, 1.54) is 6.42 Å². The van der Waals surface area contributed by atoms with E-state index in [1.54, 1.807) is 24.3 Å². The summed E-state index contributed by atoms with van der Waals surface area (Å²) in [4.78, 5) is 15.1. The number of esters is 1. The predicted octanol–water partition coefficient (Wildman–Crippen LogP) is 2.95. The molecule has 2 aromatic rings. The molecule has 1 atom stereocenters. The molecule has 1 aliphatic heterocycles. The topological polar surface area (TPSA) is 49.8 Å². The number of carbonyl (C=O) groups is 1. The maximum atomic E-state index is 12.9. The quantitative estimate of drug-likeness (QED) is 0.851. The number of ether oxygens (including phenoxy) is 1. The molecule has 4 nitrogen and oxygen atoms in total. The van der Waals surface area contributed by atoms with Crippen LogP contribution in [0.4, 0.5) is 0 Å². The Morgan fingerprint density at radius 1 is 1.08 bits per heavy atom. The van der Waals surface area contributed by atoms with Crippen molar-refractivity contribution in [3.05, 3.63) is 71.8 Å². The number of benzene rings is 2. The number of nitrogens with zero attached hydrogens (tertiary/aromatic N) is 1. The molecule has 1 aliphatic rings. The van der Waals surface area contributed by atoms with E-state index >= 15 is 0 Å². The van der Waals surface area contributed by atoms with Gasteiger partial charge in [-0.15, -0.1) is 0 Å². The Balaban J connectivity index is 1.83. The van der Waals surface area contributed by atoms with Gasteiger partial charge in [0, 0.05) is 6.04 Å². The van der Waals surface area contributed by atoms with Crippen molar-refractivity contribution in [2.45, 2.75) is 30.9 Å². The lowest BCUT2D eigenvalue weighted by atomic mass is 9.86. The summed E-state index contributed by atoms with van der Waals surface area (Å²) in [5, 5.41) is 11.3. The number of likely N-dealkylation sites (N-methyl/N-ethyl adjacent to an activating group) is 1. The number of rotatable bonds is 5. The number of aliphatic hydroxyl groups is 1. The van der Waals surface area contributed by atoms with E-state index < -0.39 is 11.6 Å². The number of piperidine rings is 1. The van der Waals surface area contributed by atoms with Crippen molar-refractivity contribution in [1.29, 1.82) is 0 Å². The van der Waals surface area contributed by atoms with Crippen LogP contribution in [-0.2, 0) is 15.1 Å². The fraction of sp³-hybridized carbons (Fsp3) is 0.381. The van der Waals surface area contributed by atoms with Gasteiger partial charge in [-0.05, 0) is 37.6 Å². The average molecular weight is 339 g/mol. The van der Waals surface area contributed by atoms with Crippen LogP contribution >= 0.6 is 0 Å². The van der Waals surface area contributed by atoms with Gasteiger partial charge in [0.15, 0.2) is 0 Å². The number of hydrogen-bond acceptors (Lipinski definition) is 4. The molecule has 1 fully saturated rings. The molecule has 25 heavy (non-hydrogen) atoms. The minimum Gasteiger partial charge on any atom is -0.461 e. The molecule has 0 amide bonds. The number of likely N-dealkylation sites (tertiary alicyclic amines) is 1. The lowest BCUT2D eigenvalue weighted by Crippen LogP contribution is -2.43. The Labute approximate surface area is 149 Å². The van der Waals surface area contributed by atoms with Crippen molar-refractivity contribution < 1.29 is 14.6 Å². The SMILES string of the molecule is CN1CCCC[C@H]1COC(=O)C(O)(c1ccccc1)c1ccccc1. The minimum atomic E-state index is -1.80. The fourth-order valence-electron chi connectivity index (χ4n) is 3.39. The molecule has 3 rings (SSSR count). The van der Waals surface area contributed by atoms with Gasteiger partial charge < -0.3 is 14.7 Å². The molecule has 1 N–H and O–H groups in total. The van der Waals surface area contributed by atoms with Crippen LogP contribution in [0.2, 0.25) is 0 Å². The Morgan fingerprint density at radius 2 is 1.64 bits per heavy atom. The first-order valence-electron chi connectivity index (χ1n) is 8.83. The third kappa shape index (κ3) is 3.75. The monoisotopic (exact) mass is 339 g/mol. The van der Waals surface area contributed by atoms with Gasteiger partial charge in [-0.3, -0.25) is 0 Å². The van der Waals surface area contributed by atoms with Crippen molar-refractivity contribution in [2.75, 3.05) is 20.2 Å². The van der Waals surface area contributed by atoms with E-state index in [0.29, 0.717) is 17.7 Å². The van der Waals surface area contributed by atoms with Crippen molar-refractivity contribution >= 4 is 5.97 Å². The zero-order valence-corrected chi connectivity index (χ0v) is 14.6. The van der Waals surface area contributed by atoms with Crippen molar-refractivity contribution in [3.63, 3.8) is 0 Å². The highest BCUT2D eigenvalue weighted by molar-refractivity contribution is 5.85. The molecular formula is C21H25NO3. The largest absolute Gasteiger partial charge is 0.461 e. The predicted molar refractivity (Wildman–Crippen MR) is 97.1 cm³/mol. The third-order valence-corrected chi connectivity index (χ3v) is 5.01. The second-order valence-corrected chi connectivity index (χ2v) is 6.67. The molecule has 132 valence electrons. The Hall–Kier alpha value is -2.17. The summed E-state index contributed by atoms with van der Waals surface area (Å²) in [5.41, 5.74) is -0.762. The smallest absolute Gasteiger partial charge is 0.347 e. The summed E-state index contributed by atoms with van der Waals surface area (Å²) < 4.78 is 5.60. The molecule has 0 radical (unpaired) electrons. The van der Waals surface area contributed by atoms with Gasteiger partial charge >= 0.3 is 5.97 Å². The standard InChI is InChI=1S/C21H25NO3/c1-22-15-9-8-14-19(22)16-25-20(23)21(24,17-10-4-2-5-11-17)18-12-6-3-7-13-18/h2-7,10-13,19,24H,8-9,14-16H2,1H3/t19-/m0/s1. The molecule has 1 heterocycles. The van der Waals surface area contributed by atoms with Crippen molar-refractivity contribution in [2.24, 2.45) is 0 Å². The molecule has 1 saturated heterocycles. The van der Waals surface area contributed by atoms with Gasteiger partial charge in [0.05, 0.1) is 0 Å². The van der Waals surface area contributed by atoms with Crippen molar-refractivity contribution in [3.8, 4) is 0 Å². The van der Waals surface area contributed by atoms with Crippen LogP contribution in [0, 0.1) is 0 Å². The third-order valence-electron chi connectivity index (χ3n) is 5.01. The van der Waals surface area contributed by atoms with Gasteiger partial charge in [-0.1, -0.05) is 67.1 Å². The van der Waals surface area contributed by atoms with E-state index in [2.05, 4.69) is 11.9 Å². The summed E-state index contributed by atoms with van der Waals surface area (Å²) in [6.45, 7) is 1.32. The summed E-state index contributed by atoms with van der Waals surface area (Å²) in [6, 6.07) is 18.2. The molecule has 0 saturated carbocycles. The lowest BCUT2D eigenvalue weighted by molar-refractivity contribution is -0.164. The second-order valence-electron chi connectivity index (χ2n) is 6.67. The van der Waals surface area contributed by atoms with E-state index in [1.807, 2.05) is 36.4 Å². The molecular weight excluding hydrogens is 314 g/mol. The highest BCUT2D eigenvalue weighted by Crippen LogP contribution is 2.31. The molecule has 0 bridgehead atoms. The van der Waals surface area contributed by atoms with E-state index in [0.717, 1.165) is 19.4 Å². The summed E-state index contributed by atoms with van der Waals surface area (Å²) in [5.74, 6) is -0.621. The van der Waals surface area contributed by atoms with Gasteiger partial charge in [0.25, 0.3) is 0 Å². The maximum Gasteiger partial charge on any atom is 0.347 e. The maximum absolute atomic E-state index is 12.9. The summed E-state index contributed by atoms with van der Waals surface area (Å²) >= 11 is 0.